The lowest BCUT2D eigenvalue weighted by Gasteiger charge is -2.23. The van der Waals surface area contributed by atoms with Gasteiger partial charge in [0.15, 0.2) is 0 Å². The summed E-state index contributed by atoms with van der Waals surface area (Å²) in [4.78, 5) is 23.5. The Bertz CT molecular complexity index is 1150. The topological polar surface area (TPSA) is 106 Å². The Morgan fingerprint density at radius 3 is 2.48 bits per heavy atom. The van der Waals surface area contributed by atoms with Gasteiger partial charge in [-0.3, -0.25) is 4.79 Å². The SMILES string of the molecule is O=C(O)Cc1ccccc1OC(CCO)Oc1cccc2oc(=O)c3c(c12)CCCC3. The molecule has 0 radical (unpaired) electrons. The van der Waals surface area contributed by atoms with Crippen molar-refractivity contribution in [1.82, 2.24) is 0 Å². The number of aliphatic hydroxyl groups is 1. The molecule has 1 atom stereocenters. The number of aliphatic hydroxyl groups excluding tert-OH is 1. The van der Waals surface area contributed by atoms with Crippen LogP contribution in [0, 0.1) is 0 Å². The Morgan fingerprint density at radius 2 is 1.71 bits per heavy atom. The second kappa shape index (κ2) is 9.22. The number of hydrogen-bond donors (Lipinski definition) is 2. The third-order valence-corrected chi connectivity index (χ3v) is 5.40. The third kappa shape index (κ3) is 4.56. The number of carboxylic acid groups (broad SMARTS) is 1. The van der Waals surface area contributed by atoms with E-state index in [9.17, 15) is 14.7 Å². The van der Waals surface area contributed by atoms with Gasteiger partial charge in [0.1, 0.15) is 17.1 Å². The number of rotatable bonds is 8. The minimum absolute atomic E-state index is 0.177. The number of ether oxygens (including phenoxy) is 2. The predicted molar refractivity (Wildman–Crippen MR) is 114 cm³/mol. The summed E-state index contributed by atoms with van der Waals surface area (Å²) < 4.78 is 17.6. The van der Waals surface area contributed by atoms with Crippen LogP contribution in [0.5, 0.6) is 11.5 Å². The van der Waals surface area contributed by atoms with Crippen LogP contribution in [-0.4, -0.2) is 29.1 Å². The highest BCUT2D eigenvalue weighted by atomic mass is 16.7. The number of aryl methyl sites for hydroxylation is 1. The largest absolute Gasteiger partial charge is 0.481 e. The molecule has 1 aliphatic carbocycles. The summed E-state index contributed by atoms with van der Waals surface area (Å²) in [6, 6.07) is 12.1. The van der Waals surface area contributed by atoms with E-state index in [1.54, 1.807) is 42.5 Å². The first-order valence-electron chi connectivity index (χ1n) is 10.4. The standard InChI is InChI=1S/C24H24O7/c25-13-12-22(29-18-9-4-1-6-15(18)14-21(26)27)30-19-10-5-11-20-23(19)16-7-2-3-8-17(16)24(28)31-20/h1,4-6,9-11,22,25H,2-3,7-8,12-14H2,(H,26,27). The quantitative estimate of drug-likeness (QED) is 0.421. The van der Waals surface area contributed by atoms with Gasteiger partial charge in [-0.25, -0.2) is 4.79 Å². The molecule has 4 rings (SSSR count). The molecule has 7 heteroatoms. The van der Waals surface area contributed by atoms with Crippen molar-refractivity contribution in [2.75, 3.05) is 6.61 Å². The molecule has 1 aromatic heterocycles. The van der Waals surface area contributed by atoms with Crippen molar-refractivity contribution in [2.45, 2.75) is 44.8 Å². The van der Waals surface area contributed by atoms with E-state index in [1.165, 1.54) is 0 Å². The zero-order valence-electron chi connectivity index (χ0n) is 17.0. The summed E-state index contributed by atoms with van der Waals surface area (Å²) in [6.07, 6.45) is 2.52. The Labute approximate surface area is 178 Å². The van der Waals surface area contributed by atoms with Crippen LogP contribution in [0.1, 0.15) is 36.0 Å². The van der Waals surface area contributed by atoms with Crippen molar-refractivity contribution >= 4 is 16.9 Å². The van der Waals surface area contributed by atoms with Crippen LogP contribution in [0.2, 0.25) is 0 Å². The monoisotopic (exact) mass is 424 g/mol. The third-order valence-electron chi connectivity index (χ3n) is 5.40. The highest BCUT2D eigenvalue weighted by molar-refractivity contribution is 5.88. The average molecular weight is 424 g/mol. The molecule has 1 heterocycles. The molecule has 0 aliphatic heterocycles. The maximum absolute atomic E-state index is 12.4. The minimum Gasteiger partial charge on any atom is -0.481 e. The van der Waals surface area contributed by atoms with E-state index < -0.39 is 12.3 Å². The summed E-state index contributed by atoms with van der Waals surface area (Å²) in [5, 5.41) is 19.4. The Hall–Kier alpha value is -3.32. The van der Waals surface area contributed by atoms with E-state index in [2.05, 4.69) is 0 Å². The fourth-order valence-corrected chi connectivity index (χ4v) is 4.02. The van der Waals surface area contributed by atoms with E-state index in [0.717, 1.165) is 30.2 Å². The number of fused-ring (bicyclic) bond motifs is 3. The second-order valence-electron chi connectivity index (χ2n) is 7.54. The van der Waals surface area contributed by atoms with Gasteiger partial charge in [0, 0.05) is 17.5 Å². The fourth-order valence-electron chi connectivity index (χ4n) is 4.02. The van der Waals surface area contributed by atoms with Gasteiger partial charge in [-0.1, -0.05) is 24.3 Å². The van der Waals surface area contributed by atoms with Gasteiger partial charge in [-0.05, 0) is 49.4 Å². The van der Waals surface area contributed by atoms with Gasteiger partial charge >= 0.3 is 11.6 Å². The Morgan fingerprint density at radius 1 is 1.00 bits per heavy atom. The van der Waals surface area contributed by atoms with Gasteiger partial charge in [0.25, 0.3) is 0 Å². The maximum Gasteiger partial charge on any atom is 0.339 e. The molecular weight excluding hydrogens is 400 g/mol. The number of carboxylic acids is 1. The lowest BCUT2D eigenvalue weighted by Crippen LogP contribution is -2.26. The first-order chi connectivity index (χ1) is 15.1. The van der Waals surface area contributed by atoms with E-state index >= 15 is 0 Å². The molecule has 0 saturated carbocycles. The molecule has 0 amide bonds. The van der Waals surface area contributed by atoms with Crippen LogP contribution >= 0.6 is 0 Å². The molecule has 162 valence electrons. The van der Waals surface area contributed by atoms with Crippen molar-refractivity contribution in [3.05, 3.63) is 69.6 Å². The van der Waals surface area contributed by atoms with E-state index in [0.29, 0.717) is 34.6 Å². The maximum atomic E-state index is 12.4. The summed E-state index contributed by atoms with van der Waals surface area (Å²) >= 11 is 0. The summed E-state index contributed by atoms with van der Waals surface area (Å²) in [5.74, 6) is -0.0721. The molecule has 1 aliphatic rings. The van der Waals surface area contributed by atoms with Gasteiger partial charge in [0.05, 0.1) is 18.4 Å². The Kier molecular flexibility index (Phi) is 6.23. The molecule has 0 spiro atoms. The molecule has 2 N–H and O–H groups in total. The predicted octanol–water partition coefficient (Wildman–Crippen LogP) is 3.47. The van der Waals surface area contributed by atoms with Crippen molar-refractivity contribution < 1.29 is 28.9 Å². The smallest absolute Gasteiger partial charge is 0.339 e. The van der Waals surface area contributed by atoms with Crippen LogP contribution in [0.25, 0.3) is 11.0 Å². The molecule has 3 aromatic rings. The van der Waals surface area contributed by atoms with Gasteiger partial charge in [-0.2, -0.15) is 0 Å². The first kappa shape index (κ1) is 20.9. The van der Waals surface area contributed by atoms with Gasteiger partial charge in [-0.15, -0.1) is 0 Å². The summed E-state index contributed by atoms with van der Waals surface area (Å²) in [7, 11) is 0. The summed E-state index contributed by atoms with van der Waals surface area (Å²) in [6.45, 7) is -0.177. The average Bonchev–Trinajstić information content (AvgIpc) is 2.75. The van der Waals surface area contributed by atoms with Gasteiger partial charge in [0.2, 0.25) is 6.29 Å². The molecule has 2 aromatic carbocycles. The molecule has 1 unspecified atom stereocenters. The Balaban J connectivity index is 1.70. The van der Waals surface area contributed by atoms with Crippen molar-refractivity contribution in [3.63, 3.8) is 0 Å². The van der Waals surface area contributed by atoms with Crippen molar-refractivity contribution in [1.29, 1.82) is 0 Å². The fraction of sp³-hybridized carbons (Fsp3) is 0.333. The molecule has 31 heavy (non-hydrogen) atoms. The highest BCUT2D eigenvalue weighted by Crippen LogP contribution is 2.34. The highest BCUT2D eigenvalue weighted by Gasteiger charge is 2.23. The lowest BCUT2D eigenvalue weighted by molar-refractivity contribution is -0.136. The molecule has 0 saturated heterocycles. The second-order valence-corrected chi connectivity index (χ2v) is 7.54. The van der Waals surface area contributed by atoms with E-state index in [-0.39, 0.29) is 25.1 Å². The number of para-hydroxylation sites is 1. The minimum atomic E-state index is -0.966. The van der Waals surface area contributed by atoms with E-state index in [4.69, 9.17) is 19.0 Å². The van der Waals surface area contributed by atoms with Crippen molar-refractivity contribution in [2.24, 2.45) is 0 Å². The molecule has 7 nitrogen and oxygen atoms in total. The van der Waals surface area contributed by atoms with E-state index in [1.807, 2.05) is 0 Å². The van der Waals surface area contributed by atoms with Gasteiger partial charge < -0.3 is 24.1 Å². The first-order valence-corrected chi connectivity index (χ1v) is 10.4. The number of benzene rings is 2. The normalized spacial score (nSPS) is 14.1. The summed E-state index contributed by atoms with van der Waals surface area (Å²) in [5.41, 5.74) is 2.31. The zero-order valence-corrected chi connectivity index (χ0v) is 17.0. The van der Waals surface area contributed by atoms with Crippen LogP contribution in [0.15, 0.2) is 51.7 Å². The van der Waals surface area contributed by atoms with Crippen LogP contribution in [0.3, 0.4) is 0 Å². The van der Waals surface area contributed by atoms with Crippen LogP contribution in [-0.2, 0) is 24.1 Å². The number of carbonyl (C=O) groups is 1. The number of hydrogen-bond acceptors (Lipinski definition) is 6. The molecular formula is C24H24O7. The van der Waals surface area contributed by atoms with Crippen LogP contribution < -0.4 is 15.1 Å². The zero-order chi connectivity index (χ0) is 21.8. The van der Waals surface area contributed by atoms with Crippen molar-refractivity contribution in [3.8, 4) is 11.5 Å². The van der Waals surface area contributed by atoms with Crippen LogP contribution in [0.4, 0.5) is 0 Å². The number of aliphatic carboxylic acids is 1. The lowest BCUT2D eigenvalue weighted by atomic mass is 9.90. The molecule has 0 bridgehead atoms. The molecule has 0 fully saturated rings.